The van der Waals surface area contributed by atoms with Crippen molar-refractivity contribution in [2.75, 3.05) is 0 Å². The van der Waals surface area contributed by atoms with E-state index < -0.39 is 10.0 Å². The van der Waals surface area contributed by atoms with Crippen LogP contribution in [0, 0.1) is 10.5 Å². The molecule has 0 amide bonds. The van der Waals surface area contributed by atoms with Crippen LogP contribution in [0.1, 0.15) is 5.69 Å². The highest BCUT2D eigenvalue weighted by molar-refractivity contribution is 14.1. The van der Waals surface area contributed by atoms with E-state index in [2.05, 4.69) is 32.7 Å². The molecule has 0 aliphatic carbocycles. The molecule has 0 saturated heterocycles. The van der Waals surface area contributed by atoms with Crippen LogP contribution in [0.15, 0.2) is 64.3 Å². The molecule has 1 aromatic carbocycles. The van der Waals surface area contributed by atoms with Crippen LogP contribution in [0.2, 0.25) is 0 Å². The molecule has 3 heterocycles. The summed E-state index contributed by atoms with van der Waals surface area (Å²) in [4.78, 5) is 4.79. The van der Waals surface area contributed by atoms with Gasteiger partial charge in [-0.2, -0.15) is 0 Å². The van der Waals surface area contributed by atoms with Crippen LogP contribution in [0.5, 0.6) is 0 Å². The van der Waals surface area contributed by atoms with Crippen LogP contribution in [0.3, 0.4) is 0 Å². The molecule has 4 rings (SSSR count). The van der Waals surface area contributed by atoms with Gasteiger partial charge in [-0.1, -0.05) is 23.4 Å². The average molecular weight is 465 g/mol. The normalized spacial score (nSPS) is 11.9. The summed E-state index contributed by atoms with van der Waals surface area (Å²) in [7, 11) is -3.73. The third-order valence-corrected chi connectivity index (χ3v) is 6.42. The standard InChI is InChI=1S/C17H12IN3O3S/c1-11-14(10-24-20-11)16-8-7-13-15(18)9-21(17(13)19-16)25(22,23)12-5-3-2-4-6-12/h2-10H,1H3. The predicted octanol–water partition coefficient (Wildman–Crippen LogP) is 3.84. The Labute approximate surface area is 157 Å². The smallest absolute Gasteiger partial charge is 0.269 e. The van der Waals surface area contributed by atoms with Gasteiger partial charge >= 0.3 is 0 Å². The van der Waals surface area contributed by atoms with Gasteiger partial charge in [-0.25, -0.2) is 17.4 Å². The first-order valence-electron chi connectivity index (χ1n) is 7.38. The van der Waals surface area contributed by atoms with Crippen molar-refractivity contribution in [1.29, 1.82) is 0 Å². The van der Waals surface area contributed by atoms with Gasteiger partial charge in [0.15, 0.2) is 5.65 Å². The van der Waals surface area contributed by atoms with Crippen LogP contribution in [0.4, 0.5) is 0 Å². The summed E-state index contributed by atoms with van der Waals surface area (Å²) in [6, 6.07) is 12.0. The Bertz CT molecular complexity index is 1180. The number of benzene rings is 1. The summed E-state index contributed by atoms with van der Waals surface area (Å²) in [6.07, 6.45) is 3.10. The maximum absolute atomic E-state index is 13.0. The Morgan fingerprint density at radius 3 is 2.56 bits per heavy atom. The highest BCUT2D eigenvalue weighted by Gasteiger charge is 2.22. The summed E-state index contributed by atoms with van der Waals surface area (Å²) in [5.74, 6) is 0. The van der Waals surface area contributed by atoms with E-state index in [1.54, 1.807) is 36.5 Å². The number of hydrogen-bond acceptors (Lipinski definition) is 5. The molecule has 0 aliphatic heterocycles. The molecular weight excluding hydrogens is 453 g/mol. The Kier molecular flexibility index (Phi) is 3.88. The third-order valence-electron chi connectivity index (χ3n) is 3.90. The third kappa shape index (κ3) is 2.65. The van der Waals surface area contributed by atoms with E-state index in [1.807, 2.05) is 19.1 Å². The van der Waals surface area contributed by atoms with Crippen molar-refractivity contribution in [2.45, 2.75) is 11.8 Å². The zero-order chi connectivity index (χ0) is 17.6. The fourth-order valence-corrected chi connectivity index (χ4v) is 4.84. The Morgan fingerprint density at radius 2 is 1.88 bits per heavy atom. The van der Waals surface area contributed by atoms with Crippen LogP contribution in [-0.4, -0.2) is 22.5 Å². The molecule has 0 spiro atoms. The van der Waals surface area contributed by atoms with Crippen LogP contribution in [-0.2, 0) is 10.0 Å². The van der Waals surface area contributed by atoms with Gasteiger partial charge in [0.25, 0.3) is 10.0 Å². The van der Waals surface area contributed by atoms with Gasteiger partial charge in [0.05, 0.1) is 21.8 Å². The van der Waals surface area contributed by atoms with E-state index in [-0.39, 0.29) is 4.90 Å². The Morgan fingerprint density at radius 1 is 1.12 bits per heavy atom. The van der Waals surface area contributed by atoms with Crippen molar-refractivity contribution in [3.63, 3.8) is 0 Å². The molecule has 8 heteroatoms. The van der Waals surface area contributed by atoms with Gasteiger partial charge in [-0.3, -0.25) is 0 Å². The van der Waals surface area contributed by atoms with E-state index in [4.69, 9.17) is 4.52 Å². The van der Waals surface area contributed by atoms with Crippen molar-refractivity contribution in [1.82, 2.24) is 14.1 Å². The van der Waals surface area contributed by atoms with E-state index >= 15 is 0 Å². The fourth-order valence-electron chi connectivity index (χ4n) is 2.61. The topological polar surface area (TPSA) is 78.0 Å². The van der Waals surface area contributed by atoms with Crippen molar-refractivity contribution >= 4 is 43.6 Å². The van der Waals surface area contributed by atoms with Gasteiger partial charge < -0.3 is 4.52 Å². The minimum atomic E-state index is -3.73. The molecule has 0 radical (unpaired) electrons. The first-order chi connectivity index (χ1) is 12.0. The second kappa shape index (κ2) is 5.95. The molecule has 126 valence electrons. The van der Waals surface area contributed by atoms with Crippen molar-refractivity contribution in [2.24, 2.45) is 0 Å². The molecule has 0 saturated carbocycles. The van der Waals surface area contributed by atoms with Gasteiger partial charge in [0.2, 0.25) is 0 Å². The largest absolute Gasteiger partial charge is 0.364 e. The number of fused-ring (bicyclic) bond motifs is 1. The molecule has 3 aromatic heterocycles. The maximum Gasteiger partial charge on any atom is 0.269 e. The summed E-state index contributed by atoms with van der Waals surface area (Å²) in [5, 5.41) is 4.63. The summed E-state index contributed by atoms with van der Waals surface area (Å²) >= 11 is 2.11. The quantitative estimate of drug-likeness (QED) is 0.430. The van der Waals surface area contributed by atoms with Crippen molar-refractivity contribution in [3.05, 3.63) is 64.2 Å². The summed E-state index contributed by atoms with van der Waals surface area (Å²) < 4.78 is 33.0. The molecule has 0 N–H and O–H groups in total. The minimum Gasteiger partial charge on any atom is -0.364 e. The molecule has 4 aromatic rings. The lowest BCUT2D eigenvalue weighted by atomic mass is 10.1. The molecule has 6 nitrogen and oxygen atoms in total. The van der Waals surface area contributed by atoms with E-state index in [9.17, 15) is 8.42 Å². The number of nitrogens with zero attached hydrogens (tertiary/aromatic N) is 3. The van der Waals surface area contributed by atoms with Crippen LogP contribution < -0.4 is 0 Å². The SMILES string of the molecule is Cc1nocc1-c1ccc2c(I)cn(S(=O)(=O)c3ccccc3)c2n1. The van der Waals surface area contributed by atoms with Gasteiger partial charge in [-0.05, 0) is 53.8 Å². The molecule has 0 unspecified atom stereocenters. The van der Waals surface area contributed by atoms with Crippen molar-refractivity contribution < 1.29 is 12.9 Å². The molecule has 0 aliphatic rings. The minimum absolute atomic E-state index is 0.219. The fraction of sp³-hybridized carbons (Fsp3) is 0.0588. The lowest BCUT2D eigenvalue weighted by molar-refractivity contribution is 0.415. The van der Waals surface area contributed by atoms with Crippen LogP contribution >= 0.6 is 22.6 Å². The highest BCUT2D eigenvalue weighted by Crippen LogP contribution is 2.29. The average Bonchev–Trinajstić information content (AvgIpc) is 3.19. The number of rotatable bonds is 3. The van der Waals surface area contributed by atoms with Gasteiger partial charge in [0, 0.05) is 15.2 Å². The Hall–Kier alpha value is -2.20. The number of aromatic nitrogens is 3. The monoisotopic (exact) mass is 465 g/mol. The molecular formula is C17H12IN3O3S. The lowest BCUT2D eigenvalue weighted by Crippen LogP contribution is -2.12. The summed E-state index contributed by atoms with van der Waals surface area (Å²) in [5.41, 5.74) is 2.43. The zero-order valence-corrected chi connectivity index (χ0v) is 16.0. The van der Waals surface area contributed by atoms with Crippen molar-refractivity contribution in [3.8, 4) is 11.3 Å². The summed E-state index contributed by atoms with van der Waals surface area (Å²) in [6.45, 7) is 1.81. The Balaban J connectivity index is 1.98. The molecule has 25 heavy (non-hydrogen) atoms. The zero-order valence-electron chi connectivity index (χ0n) is 13.0. The number of pyridine rings is 1. The first-order valence-corrected chi connectivity index (χ1v) is 9.90. The predicted molar refractivity (Wildman–Crippen MR) is 102 cm³/mol. The van der Waals surface area contributed by atoms with E-state index in [0.717, 1.165) is 14.5 Å². The second-order valence-corrected chi connectivity index (χ2v) is 8.45. The number of hydrogen-bond donors (Lipinski definition) is 0. The number of aryl methyl sites for hydroxylation is 1. The highest BCUT2D eigenvalue weighted by atomic mass is 127. The van der Waals surface area contributed by atoms with Gasteiger partial charge in [-0.15, -0.1) is 0 Å². The number of halogens is 1. The van der Waals surface area contributed by atoms with E-state index in [0.29, 0.717) is 17.0 Å². The molecule has 0 atom stereocenters. The van der Waals surface area contributed by atoms with Crippen LogP contribution in [0.25, 0.3) is 22.3 Å². The first kappa shape index (κ1) is 16.3. The van der Waals surface area contributed by atoms with Gasteiger partial charge in [0.1, 0.15) is 6.26 Å². The maximum atomic E-state index is 13.0. The van der Waals surface area contributed by atoms with E-state index in [1.165, 1.54) is 10.2 Å². The molecule has 0 bridgehead atoms. The lowest BCUT2D eigenvalue weighted by Gasteiger charge is -2.07. The second-order valence-electron chi connectivity index (χ2n) is 5.47. The molecule has 0 fully saturated rings.